The fourth-order valence-corrected chi connectivity index (χ4v) is 4.28. The van der Waals surface area contributed by atoms with Crippen molar-refractivity contribution in [2.45, 2.75) is 25.3 Å². The lowest BCUT2D eigenvalue weighted by Crippen LogP contribution is -2.27. The molecule has 35 heavy (non-hydrogen) atoms. The monoisotopic (exact) mass is 464 g/mol. The predicted octanol–water partition coefficient (Wildman–Crippen LogP) is 5.08. The minimum Gasteiger partial charge on any atom is -0.481 e. The van der Waals surface area contributed by atoms with Crippen LogP contribution < -0.4 is 0 Å². The molecule has 2 heterocycles. The Balaban J connectivity index is 1.59. The van der Waals surface area contributed by atoms with E-state index < -0.39 is 12.0 Å². The number of benzene rings is 3. The summed E-state index contributed by atoms with van der Waals surface area (Å²) in [4.78, 5) is 24.3. The molecule has 7 heteroatoms. The smallest absolute Gasteiger partial charge is 0.303 e. The van der Waals surface area contributed by atoms with Gasteiger partial charge in [0.05, 0.1) is 29.6 Å². The van der Waals surface area contributed by atoms with E-state index >= 15 is 0 Å². The summed E-state index contributed by atoms with van der Waals surface area (Å²) in [7, 11) is 0. The molecule has 3 aromatic carbocycles. The number of hydrazone groups is 1. The van der Waals surface area contributed by atoms with Crippen LogP contribution in [-0.2, 0) is 9.59 Å². The molecule has 1 amide bonds. The van der Waals surface area contributed by atoms with Crippen molar-refractivity contribution in [3.63, 3.8) is 0 Å². The Morgan fingerprint density at radius 3 is 2.06 bits per heavy atom. The number of carboxylic acid groups (broad SMARTS) is 1. The van der Waals surface area contributed by atoms with E-state index in [9.17, 15) is 9.59 Å². The van der Waals surface area contributed by atoms with Crippen molar-refractivity contribution in [2.75, 3.05) is 0 Å². The molecule has 1 N–H and O–H groups in total. The summed E-state index contributed by atoms with van der Waals surface area (Å²) in [5.41, 5.74) is 5.18. The van der Waals surface area contributed by atoms with Gasteiger partial charge in [-0.05, 0) is 17.7 Å². The van der Waals surface area contributed by atoms with Crippen LogP contribution in [0.3, 0.4) is 0 Å². The highest BCUT2D eigenvalue weighted by atomic mass is 16.4. The van der Waals surface area contributed by atoms with Gasteiger partial charge in [-0.3, -0.25) is 9.59 Å². The second-order valence-corrected chi connectivity index (χ2v) is 8.34. The topological polar surface area (TPSA) is 87.8 Å². The minimum absolute atomic E-state index is 0.120. The summed E-state index contributed by atoms with van der Waals surface area (Å²) >= 11 is 0. The third-order valence-corrected chi connectivity index (χ3v) is 6.00. The van der Waals surface area contributed by atoms with E-state index in [1.807, 2.05) is 102 Å². The van der Waals surface area contributed by atoms with E-state index in [0.29, 0.717) is 6.42 Å². The Bertz CT molecular complexity index is 1370. The number of carboxylic acids is 1. The molecule has 1 atom stereocenters. The number of aliphatic carboxylic acids is 1. The highest BCUT2D eigenvalue weighted by molar-refractivity contribution is 6.03. The van der Waals surface area contributed by atoms with Gasteiger partial charge in [0.2, 0.25) is 5.91 Å². The first kappa shape index (κ1) is 22.3. The van der Waals surface area contributed by atoms with Crippen LogP contribution in [-0.4, -0.2) is 37.5 Å². The number of carbonyl (C=O) groups excluding carboxylic acids is 1. The molecule has 0 radical (unpaired) electrons. The molecule has 0 spiro atoms. The molecule has 0 saturated heterocycles. The largest absolute Gasteiger partial charge is 0.481 e. The summed E-state index contributed by atoms with van der Waals surface area (Å²) in [5, 5.41) is 20.1. The van der Waals surface area contributed by atoms with Crippen molar-refractivity contribution < 1.29 is 14.7 Å². The van der Waals surface area contributed by atoms with Gasteiger partial charge in [0, 0.05) is 30.2 Å². The third-order valence-electron chi connectivity index (χ3n) is 6.00. The van der Waals surface area contributed by atoms with E-state index in [-0.39, 0.29) is 18.7 Å². The third kappa shape index (κ3) is 4.75. The number of aromatic nitrogens is 2. The van der Waals surface area contributed by atoms with Gasteiger partial charge in [0.15, 0.2) is 0 Å². The highest BCUT2D eigenvalue weighted by Crippen LogP contribution is 2.38. The summed E-state index contributed by atoms with van der Waals surface area (Å²) in [5.74, 6) is -1.34. The van der Waals surface area contributed by atoms with Crippen LogP contribution in [0.2, 0.25) is 0 Å². The lowest BCUT2D eigenvalue weighted by atomic mass is 9.96. The minimum atomic E-state index is -1.01. The molecule has 0 saturated carbocycles. The molecule has 5 rings (SSSR count). The van der Waals surface area contributed by atoms with Crippen LogP contribution in [0, 0.1) is 0 Å². The zero-order valence-corrected chi connectivity index (χ0v) is 19.0. The Kier molecular flexibility index (Phi) is 6.22. The molecule has 174 valence electrons. The van der Waals surface area contributed by atoms with Crippen molar-refractivity contribution in [3.8, 4) is 16.9 Å². The van der Waals surface area contributed by atoms with Crippen LogP contribution >= 0.6 is 0 Å². The quantitative estimate of drug-likeness (QED) is 0.413. The lowest BCUT2D eigenvalue weighted by Gasteiger charge is -2.21. The maximum absolute atomic E-state index is 13.2. The molecule has 1 aromatic heterocycles. The molecule has 7 nitrogen and oxygen atoms in total. The summed E-state index contributed by atoms with van der Waals surface area (Å²) in [6, 6.07) is 29.0. The molecule has 1 aliphatic heterocycles. The number of hydrogen-bond donors (Lipinski definition) is 1. The van der Waals surface area contributed by atoms with Crippen molar-refractivity contribution in [1.29, 1.82) is 0 Å². The first-order valence-electron chi connectivity index (χ1n) is 11.5. The molecule has 0 aliphatic carbocycles. The van der Waals surface area contributed by atoms with Gasteiger partial charge in [0.1, 0.15) is 0 Å². The number of hydrogen-bond acceptors (Lipinski definition) is 4. The van der Waals surface area contributed by atoms with Crippen LogP contribution in [0.25, 0.3) is 16.9 Å². The van der Waals surface area contributed by atoms with Crippen molar-refractivity contribution in [2.24, 2.45) is 5.10 Å². The Hall–Kier alpha value is -4.52. The van der Waals surface area contributed by atoms with Gasteiger partial charge in [-0.25, -0.2) is 9.69 Å². The molecular formula is C28H24N4O3. The zero-order valence-electron chi connectivity index (χ0n) is 19.0. The molecule has 0 fully saturated rings. The van der Waals surface area contributed by atoms with E-state index in [2.05, 4.69) is 5.10 Å². The molecule has 0 bridgehead atoms. The number of carbonyl (C=O) groups is 2. The molecule has 1 aliphatic rings. The standard InChI is InChI=1S/C28H24N4O3/c33-26(16-17-27(34)35)32-25(18-24(29-32)20-10-4-1-5-11-20)23-19-31(22-14-8-3-9-15-22)30-28(23)21-12-6-2-7-13-21/h1-15,19,25H,16-18H2,(H,34,35)/t25-/m1/s1. The second kappa shape index (κ2) is 9.77. The molecule has 0 unspecified atom stereocenters. The van der Waals surface area contributed by atoms with E-state index in [0.717, 1.165) is 33.8 Å². The van der Waals surface area contributed by atoms with E-state index in [1.54, 1.807) is 0 Å². The van der Waals surface area contributed by atoms with Gasteiger partial charge in [0.25, 0.3) is 0 Å². The lowest BCUT2D eigenvalue weighted by molar-refractivity contribution is -0.141. The number of amides is 1. The van der Waals surface area contributed by atoms with Crippen LogP contribution in [0.15, 0.2) is 102 Å². The Morgan fingerprint density at radius 1 is 0.829 bits per heavy atom. The van der Waals surface area contributed by atoms with Crippen LogP contribution in [0.4, 0.5) is 0 Å². The maximum Gasteiger partial charge on any atom is 0.303 e. The fourth-order valence-electron chi connectivity index (χ4n) is 4.28. The maximum atomic E-state index is 13.2. The first-order chi connectivity index (χ1) is 17.1. The Morgan fingerprint density at radius 2 is 1.43 bits per heavy atom. The number of para-hydroxylation sites is 1. The van der Waals surface area contributed by atoms with Crippen LogP contribution in [0.5, 0.6) is 0 Å². The fraction of sp³-hybridized carbons (Fsp3) is 0.143. The first-order valence-corrected chi connectivity index (χ1v) is 11.5. The highest BCUT2D eigenvalue weighted by Gasteiger charge is 2.36. The molecule has 4 aromatic rings. The van der Waals surface area contributed by atoms with Crippen molar-refractivity contribution in [1.82, 2.24) is 14.8 Å². The van der Waals surface area contributed by atoms with Crippen molar-refractivity contribution >= 4 is 17.6 Å². The van der Waals surface area contributed by atoms with E-state index in [4.69, 9.17) is 10.2 Å². The normalized spacial score (nSPS) is 15.1. The van der Waals surface area contributed by atoms with Gasteiger partial charge in [-0.1, -0.05) is 78.9 Å². The van der Waals surface area contributed by atoms with E-state index in [1.165, 1.54) is 5.01 Å². The summed E-state index contributed by atoms with van der Waals surface area (Å²) < 4.78 is 1.82. The summed E-state index contributed by atoms with van der Waals surface area (Å²) in [6.45, 7) is 0. The van der Waals surface area contributed by atoms with Gasteiger partial charge < -0.3 is 5.11 Å². The van der Waals surface area contributed by atoms with Gasteiger partial charge in [-0.15, -0.1) is 0 Å². The van der Waals surface area contributed by atoms with Crippen molar-refractivity contribution in [3.05, 3.63) is 108 Å². The SMILES string of the molecule is O=C(O)CCC(=O)N1N=C(c2ccccc2)C[C@@H]1c1cn(-c2ccccc2)nc1-c1ccccc1. The second-order valence-electron chi connectivity index (χ2n) is 8.34. The van der Waals surface area contributed by atoms with Gasteiger partial charge >= 0.3 is 5.97 Å². The predicted molar refractivity (Wildman–Crippen MR) is 133 cm³/mol. The summed E-state index contributed by atoms with van der Waals surface area (Å²) in [6.07, 6.45) is 2.09. The average molecular weight is 465 g/mol. The number of nitrogens with zero attached hydrogens (tertiary/aromatic N) is 4. The number of rotatable bonds is 7. The molecular weight excluding hydrogens is 440 g/mol. The van der Waals surface area contributed by atoms with Crippen LogP contribution in [0.1, 0.15) is 36.4 Å². The van der Waals surface area contributed by atoms with Gasteiger partial charge in [-0.2, -0.15) is 10.2 Å². The zero-order chi connectivity index (χ0) is 24.2. The Labute approximate surface area is 203 Å². The average Bonchev–Trinajstić information content (AvgIpc) is 3.54.